The average molecular weight is 222 g/mol. The quantitative estimate of drug-likeness (QED) is 0.778. The van der Waals surface area contributed by atoms with Crippen LogP contribution in [-0.4, -0.2) is 39.5 Å². The highest BCUT2D eigenvalue weighted by atomic mass is 16.5. The van der Waals surface area contributed by atoms with Crippen LogP contribution in [0.3, 0.4) is 0 Å². The van der Waals surface area contributed by atoms with Crippen LogP contribution < -0.4 is 10.6 Å². The normalized spacial score (nSPS) is 25.0. The summed E-state index contributed by atoms with van der Waals surface area (Å²) >= 11 is 0. The average Bonchev–Trinajstić information content (AvgIpc) is 2.72. The number of hydrogen-bond acceptors (Lipinski definition) is 4. The van der Waals surface area contributed by atoms with Gasteiger partial charge < -0.3 is 20.1 Å². The molecule has 1 saturated heterocycles. The number of ether oxygens (including phenoxy) is 2. The van der Waals surface area contributed by atoms with Gasteiger partial charge in [-0.25, -0.2) is 0 Å². The minimum Gasteiger partial charge on any atom is -0.397 e. The van der Waals surface area contributed by atoms with Gasteiger partial charge in [-0.05, 0) is 12.1 Å². The van der Waals surface area contributed by atoms with Gasteiger partial charge in [0.2, 0.25) is 0 Å². The predicted octanol–water partition coefficient (Wildman–Crippen LogP) is 1.12. The number of benzene rings is 1. The summed E-state index contributed by atoms with van der Waals surface area (Å²) in [7, 11) is 3.43. The lowest BCUT2D eigenvalue weighted by Gasteiger charge is -2.19. The molecule has 0 unspecified atom stereocenters. The fourth-order valence-corrected chi connectivity index (χ4v) is 2.17. The molecule has 1 fully saturated rings. The molecule has 88 valence electrons. The second-order valence-corrected chi connectivity index (χ2v) is 4.01. The molecular formula is C12H18N2O2. The van der Waals surface area contributed by atoms with E-state index in [-0.39, 0.29) is 12.2 Å². The van der Waals surface area contributed by atoms with Gasteiger partial charge in [-0.3, -0.25) is 0 Å². The van der Waals surface area contributed by atoms with Gasteiger partial charge in [0.05, 0.1) is 11.4 Å². The summed E-state index contributed by atoms with van der Waals surface area (Å²) in [5.41, 5.74) is 7.81. The van der Waals surface area contributed by atoms with E-state index >= 15 is 0 Å². The number of hydrogen-bond donors (Lipinski definition) is 1. The van der Waals surface area contributed by atoms with Gasteiger partial charge in [0.25, 0.3) is 0 Å². The Balaban J connectivity index is 2.16. The molecule has 0 saturated carbocycles. The van der Waals surface area contributed by atoms with Crippen LogP contribution in [0.5, 0.6) is 0 Å². The Hall–Kier alpha value is -1.26. The first-order valence-electron chi connectivity index (χ1n) is 5.41. The topological polar surface area (TPSA) is 47.7 Å². The van der Waals surface area contributed by atoms with E-state index in [9.17, 15) is 0 Å². The predicted molar refractivity (Wildman–Crippen MR) is 64.7 cm³/mol. The number of para-hydroxylation sites is 2. The van der Waals surface area contributed by atoms with E-state index in [1.807, 2.05) is 24.3 Å². The summed E-state index contributed by atoms with van der Waals surface area (Å²) in [5, 5.41) is 0. The van der Waals surface area contributed by atoms with Gasteiger partial charge in [0.15, 0.2) is 0 Å². The smallest absolute Gasteiger partial charge is 0.102 e. The molecule has 1 aromatic rings. The first-order chi connectivity index (χ1) is 7.76. The molecule has 0 radical (unpaired) electrons. The molecule has 2 rings (SSSR count). The molecule has 0 aromatic heterocycles. The first-order valence-corrected chi connectivity index (χ1v) is 5.41. The summed E-state index contributed by atoms with van der Waals surface area (Å²) in [5.74, 6) is 0. The van der Waals surface area contributed by atoms with Crippen molar-refractivity contribution in [1.29, 1.82) is 0 Å². The number of nitrogen functional groups attached to an aromatic ring is 1. The van der Waals surface area contributed by atoms with E-state index in [1.165, 1.54) is 0 Å². The maximum Gasteiger partial charge on any atom is 0.102 e. The molecule has 0 bridgehead atoms. The summed E-state index contributed by atoms with van der Waals surface area (Å²) in [6.45, 7) is 1.65. The minimum absolute atomic E-state index is 0.115. The summed E-state index contributed by atoms with van der Waals surface area (Å²) in [4.78, 5) is 2.21. The third-order valence-corrected chi connectivity index (χ3v) is 3.10. The fraction of sp³-hybridized carbons (Fsp3) is 0.500. The fourth-order valence-electron chi connectivity index (χ4n) is 2.17. The van der Waals surface area contributed by atoms with Crippen LogP contribution in [0.4, 0.5) is 11.4 Å². The Bertz CT molecular complexity index is 345. The van der Waals surface area contributed by atoms with Gasteiger partial charge >= 0.3 is 0 Å². The van der Waals surface area contributed by atoms with Crippen LogP contribution in [0.1, 0.15) is 0 Å². The largest absolute Gasteiger partial charge is 0.397 e. The zero-order valence-electron chi connectivity index (χ0n) is 9.72. The zero-order valence-corrected chi connectivity index (χ0v) is 9.72. The second-order valence-electron chi connectivity index (χ2n) is 4.01. The molecule has 4 nitrogen and oxygen atoms in total. The van der Waals surface area contributed by atoms with E-state index < -0.39 is 0 Å². The van der Waals surface area contributed by atoms with Crippen LogP contribution in [-0.2, 0) is 9.47 Å². The monoisotopic (exact) mass is 222 g/mol. The molecule has 1 heterocycles. The van der Waals surface area contributed by atoms with Crippen molar-refractivity contribution in [3.05, 3.63) is 24.3 Å². The third kappa shape index (κ3) is 1.99. The Morgan fingerprint density at radius 2 is 1.69 bits per heavy atom. The molecule has 2 atom stereocenters. The maximum absolute atomic E-state index is 5.95. The molecule has 0 amide bonds. The van der Waals surface area contributed by atoms with Crippen LogP contribution in [0.25, 0.3) is 0 Å². The lowest BCUT2D eigenvalue weighted by atomic mass is 10.2. The van der Waals surface area contributed by atoms with Crippen molar-refractivity contribution in [2.24, 2.45) is 0 Å². The van der Waals surface area contributed by atoms with Gasteiger partial charge in [-0.1, -0.05) is 12.1 Å². The molecule has 1 aliphatic rings. The maximum atomic E-state index is 5.95. The molecule has 16 heavy (non-hydrogen) atoms. The molecule has 2 N–H and O–H groups in total. The molecule has 1 aromatic carbocycles. The lowest BCUT2D eigenvalue weighted by molar-refractivity contribution is -0.00461. The first kappa shape index (κ1) is 11.2. The zero-order chi connectivity index (χ0) is 11.5. The van der Waals surface area contributed by atoms with Gasteiger partial charge in [-0.15, -0.1) is 0 Å². The molecular weight excluding hydrogens is 204 g/mol. The lowest BCUT2D eigenvalue weighted by Crippen LogP contribution is -2.27. The van der Waals surface area contributed by atoms with Gasteiger partial charge in [0, 0.05) is 27.3 Å². The Morgan fingerprint density at radius 1 is 1.12 bits per heavy atom. The highest BCUT2D eigenvalue weighted by Crippen LogP contribution is 2.27. The van der Waals surface area contributed by atoms with Crippen molar-refractivity contribution < 1.29 is 9.47 Å². The summed E-state index contributed by atoms with van der Waals surface area (Å²) < 4.78 is 10.8. The molecule has 0 aliphatic carbocycles. The van der Waals surface area contributed by atoms with E-state index in [4.69, 9.17) is 15.2 Å². The Labute approximate surface area is 95.9 Å². The SMILES string of the molecule is CO[C@@H]1CN(c2ccccc2N)C[C@H]1OC. The van der Waals surface area contributed by atoms with Crippen molar-refractivity contribution in [3.63, 3.8) is 0 Å². The number of nitrogens with two attached hydrogens (primary N) is 1. The Kier molecular flexibility index (Phi) is 3.31. The third-order valence-electron chi connectivity index (χ3n) is 3.10. The Morgan fingerprint density at radius 3 is 2.19 bits per heavy atom. The van der Waals surface area contributed by atoms with Gasteiger partial charge in [0.1, 0.15) is 12.2 Å². The highest BCUT2D eigenvalue weighted by molar-refractivity contribution is 5.67. The number of methoxy groups -OCH3 is 2. The van der Waals surface area contributed by atoms with Crippen molar-refractivity contribution >= 4 is 11.4 Å². The van der Waals surface area contributed by atoms with Crippen LogP contribution in [0, 0.1) is 0 Å². The van der Waals surface area contributed by atoms with E-state index in [2.05, 4.69) is 4.90 Å². The number of rotatable bonds is 3. The van der Waals surface area contributed by atoms with E-state index in [0.29, 0.717) is 0 Å². The molecule has 1 aliphatic heterocycles. The number of nitrogens with zero attached hydrogens (tertiary/aromatic N) is 1. The highest BCUT2D eigenvalue weighted by Gasteiger charge is 2.33. The van der Waals surface area contributed by atoms with Crippen LogP contribution in [0.15, 0.2) is 24.3 Å². The van der Waals surface area contributed by atoms with E-state index in [0.717, 1.165) is 24.5 Å². The van der Waals surface area contributed by atoms with Gasteiger partial charge in [-0.2, -0.15) is 0 Å². The summed E-state index contributed by atoms with van der Waals surface area (Å²) in [6.07, 6.45) is 0.231. The van der Waals surface area contributed by atoms with E-state index in [1.54, 1.807) is 14.2 Å². The molecule has 0 spiro atoms. The minimum atomic E-state index is 0.115. The summed E-state index contributed by atoms with van der Waals surface area (Å²) in [6, 6.07) is 7.88. The standard InChI is InChI=1S/C12H18N2O2/c1-15-11-7-14(8-12(11)16-2)10-6-4-3-5-9(10)13/h3-6,11-12H,7-8,13H2,1-2H3/t11-,12-/m1/s1. The second kappa shape index (κ2) is 4.72. The molecule has 4 heteroatoms. The van der Waals surface area contributed by atoms with Crippen molar-refractivity contribution in [1.82, 2.24) is 0 Å². The van der Waals surface area contributed by atoms with Crippen LogP contribution in [0.2, 0.25) is 0 Å². The van der Waals surface area contributed by atoms with Crippen molar-refractivity contribution in [2.75, 3.05) is 37.9 Å². The van der Waals surface area contributed by atoms with Crippen LogP contribution >= 0.6 is 0 Å². The number of anilines is 2. The van der Waals surface area contributed by atoms with Crippen molar-refractivity contribution in [2.45, 2.75) is 12.2 Å². The van der Waals surface area contributed by atoms with Crippen molar-refractivity contribution in [3.8, 4) is 0 Å².